The van der Waals surface area contributed by atoms with Crippen molar-refractivity contribution in [1.82, 2.24) is 14.7 Å². The molecule has 2 atom stereocenters. The van der Waals surface area contributed by atoms with Crippen molar-refractivity contribution in [2.75, 3.05) is 52.5 Å². The molecule has 2 amide bonds. The molecule has 0 bridgehead atoms. The number of para-hydroxylation sites is 1. The van der Waals surface area contributed by atoms with Gasteiger partial charge in [0.15, 0.2) is 0 Å². The van der Waals surface area contributed by atoms with Crippen molar-refractivity contribution in [3.63, 3.8) is 0 Å². The third-order valence-corrected chi connectivity index (χ3v) is 6.29. The van der Waals surface area contributed by atoms with E-state index in [4.69, 9.17) is 9.47 Å². The lowest BCUT2D eigenvalue weighted by molar-refractivity contribution is -0.146. The van der Waals surface area contributed by atoms with Crippen LogP contribution in [0.1, 0.15) is 32.1 Å². The van der Waals surface area contributed by atoms with Crippen LogP contribution in [0, 0.1) is 0 Å². The Balaban J connectivity index is 1.45. The van der Waals surface area contributed by atoms with Crippen LogP contribution in [0.5, 0.6) is 5.75 Å². The number of likely N-dealkylation sites (tertiary alicyclic amines) is 2. The van der Waals surface area contributed by atoms with Gasteiger partial charge in [0.25, 0.3) is 0 Å². The number of amides is 2. The summed E-state index contributed by atoms with van der Waals surface area (Å²) in [7, 11) is 0. The molecule has 0 saturated carbocycles. The first-order chi connectivity index (χ1) is 14.7. The zero-order valence-electron chi connectivity index (χ0n) is 17.7. The van der Waals surface area contributed by atoms with Crippen LogP contribution in [-0.2, 0) is 14.3 Å². The van der Waals surface area contributed by atoms with E-state index in [1.807, 2.05) is 35.2 Å². The van der Waals surface area contributed by atoms with Gasteiger partial charge < -0.3 is 19.3 Å². The highest BCUT2D eigenvalue weighted by Crippen LogP contribution is 2.25. The third kappa shape index (κ3) is 5.32. The van der Waals surface area contributed by atoms with E-state index < -0.39 is 6.04 Å². The molecule has 30 heavy (non-hydrogen) atoms. The lowest BCUT2D eigenvalue weighted by Gasteiger charge is -2.33. The first-order valence-electron chi connectivity index (χ1n) is 11.3. The molecule has 3 fully saturated rings. The average Bonchev–Trinajstić information content (AvgIpc) is 3.03. The highest BCUT2D eigenvalue weighted by Gasteiger charge is 2.42. The van der Waals surface area contributed by atoms with Crippen molar-refractivity contribution in [3.05, 3.63) is 30.3 Å². The minimum absolute atomic E-state index is 0.0293. The number of nitrogens with zero attached hydrogens (tertiary/aromatic N) is 3. The lowest BCUT2D eigenvalue weighted by Crippen LogP contribution is -2.52. The molecule has 0 radical (unpaired) electrons. The minimum Gasteiger partial charge on any atom is -0.488 e. The van der Waals surface area contributed by atoms with Gasteiger partial charge in [-0.2, -0.15) is 0 Å². The molecule has 3 aliphatic heterocycles. The maximum Gasteiger partial charge on any atom is 0.245 e. The lowest BCUT2D eigenvalue weighted by atomic mass is 10.1. The number of ether oxygens (including phenoxy) is 2. The van der Waals surface area contributed by atoms with E-state index >= 15 is 0 Å². The zero-order valence-corrected chi connectivity index (χ0v) is 17.7. The molecule has 3 aliphatic rings. The summed E-state index contributed by atoms with van der Waals surface area (Å²) in [6.45, 7) is 5.08. The fraction of sp³-hybridized carbons (Fsp3) is 0.652. The van der Waals surface area contributed by atoms with Gasteiger partial charge in [0, 0.05) is 19.5 Å². The Kier molecular flexibility index (Phi) is 7.23. The molecule has 164 valence electrons. The Morgan fingerprint density at radius 3 is 2.37 bits per heavy atom. The number of carbonyl (C=O) groups is 2. The van der Waals surface area contributed by atoms with E-state index in [9.17, 15) is 9.59 Å². The molecule has 1 aromatic carbocycles. The molecule has 0 spiro atoms. The fourth-order valence-corrected chi connectivity index (χ4v) is 4.65. The van der Waals surface area contributed by atoms with Crippen LogP contribution in [0.25, 0.3) is 0 Å². The summed E-state index contributed by atoms with van der Waals surface area (Å²) < 4.78 is 11.5. The summed E-state index contributed by atoms with van der Waals surface area (Å²) in [5, 5.41) is 0. The van der Waals surface area contributed by atoms with Crippen LogP contribution in [-0.4, -0.2) is 91.1 Å². The number of hydrogen-bond acceptors (Lipinski definition) is 5. The Labute approximate surface area is 178 Å². The summed E-state index contributed by atoms with van der Waals surface area (Å²) in [4.78, 5) is 32.4. The van der Waals surface area contributed by atoms with Gasteiger partial charge in [-0.15, -0.1) is 0 Å². The maximum atomic E-state index is 13.3. The molecule has 7 heteroatoms. The number of rotatable bonds is 5. The molecular formula is C23H33N3O4. The quantitative estimate of drug-likeness (QED) is 0.734. The van der Waals surface area contributed by atoms with E-state index in [2.05, 4.69) is 4.90 Å². The standard InChI is InChI=1S/C23H33N3O4/c27-22(18-24-10-6-1-2-7-11-24)26-17-20(30-19-8-4-3-5-9-19)16-21(26)23(28)25-12-14-29-15-13-25/h3-5,8-9,20-21H,1-2,6-7,10-18H2/t20-,21-/m0/s1. The van der Waals surface area contributed by atoms with Crippen LogP contribution in [0.15, 0.2) is 30.3 Å². The summed E-state index contributed by atoms with van der Waals surface area (Å²) in [6.07, 6.45) is 5.12. The van der Waals surface area contributed by atoms with Crippen LogP contribution >= 0.6 is 0 Å². The smallest absolute Gasteiger partial charge is 0.245 e. The second-order valence-electron chi connectivity index (χ2n) is 8.48. The second kappa shape index (κ2) is 10.3. The van der Waals surface area contributed by atoms with E-state index in [1.165, 1.54) is 12.8 Å². The van der Waals surface area contributed by atoms with Gasteiger partial charge in [0.05, 0.1) is 26.3 Å². The molecule has 3 saturated heterocycles. The largest absolute Gasteiger partial charge is 0.488 e. The van der Waals surface area contributed by atoms with Gasteiger partial charge in [-0.3, -0.25) is 14.5 Å². The van der Waals surface area contributed by atoms with Crippen molar-refractivity contribution >= 4 is 11.8 Å². The Bertz CT molecular complexity index is 700. The van der Waals surface area contributed by atoms with Crippen molar-refractivity contribution in [2.45, 2.75) is 44.2 Å². The summed E-state index contributed by atoms with van der Waals surface area (Å²) >= 11 is 0. The predicted molar refractivity (Wildman–Crippen MR) is 113 cm³/mol. The molecule has 7 nitrogen and oxygen atoms in total. The highest BCUT2D eigenvalue weighted by molar-refractivity contribution is 5.89. The molecule has 0 N–H and O–H groups in total. The van der Waals surface area contributed by atoms with Crippen molar-refractivity contribution in [1.29, 1.82) is 0 Å². The topological polar surface area (TPSA) is 62.3 Å². The highest BCUT2D eigenvalue weighted by atomic mass is 16.5. The van der Waals surface area contributed by atoms with E-state index in [0.29, 0.717) is 45.8 Å². The summed E-state index contributed by atoms with van der Waals surface area (Å²) in [6, 6.07) is 9.20. The number of benzene rings is 1. The first kappa shape index (κ1) is 21.1. The van der Waals surface area contributed by atoms with Gasteiger partial charge in [-0.1, -0.05) is 31.0 Å². The van der Waals surface area contributed by atoms with Crippen molar-refractivity contribution < 1.29 is 19.1 Å². The summed E-state index contributed by atoms with van der Waals surface area (Å²) in [5.41, 5.74) is 0. The number of morpholine rings is 1. The maximum absolute atomic E-state index is 13.3. The Morgan fingerprint density at radius 1 is 0.967 bits per heavy atom. The van der Waals surface area contributed by atoms with Crippen LogP contribution < -0.4 is 4.74 Å². The number of hydrogen-bond donors (Lipinski definition) is 0. The van der Waals surface area contributed by atoms with Crippen LogP contribution in [0.2, 0.25) is 0 Å². The SMILES string of the molecule is O=C([C@@H]1C[C@H](Oc2ccccc2)CN1C(=O)CN1CCCCCC1)N1CCOCC1. The molecule has 3 heterocycles. The van der Waals surface area contributed by atoms with Crippen molar-refractivity contribution in [2.24, 2.45) is 0 Å². The minimum atomic E-state index is -0.448. The van der Waals surface area contributed by atoms with E-state index in [1.54, 1.807) is 4.90 Å². The predicted octanol–water partition coefficient (Wildman–Crippen LogP) is 1.77. The van der Waals surface area contributed by atoms with E-state index in [0.717, 1.165) is 31.7 Å². The van der Waals surface area contributed by atoms with Gasteiger partial charge in [-0.25, -0.2) is 0 Å². The second-order valence-corrected chi connectivity index (χ2v) is 8.48. The van der Waals surface area contributed by atoms with E-state index in [-0.39, 0.29) is 17.9 Å². The average molecular weight is 416 g/mol. The molecule has 1 aromatic rings. The molecular weight excluding hydrogens is 382 g/mol. The monoisotopic (exact) mass is 415 g/mol. The zero-order chi connectivity index (χ0) is 20.8. The van der Waals surface area contributed by atoms with Gasteiger partial charge in [0.2, 0.25) is 11.8 Å². The summed E-state index contributed by atoms with van der Waals surface area (Å²) in [5.74, 6) is 0.853. The van der Waals surface area contributed by atoms with Crippen LogP contribution in [0.4, 0.5) is 0 Å². The molecule has 4 rings (SSSR count). The Hall–Kier alpha value is -2.12. The van der Waals surface area contributed by atoms with Gasteiger partial charge in [-0.05, 0) is 38.1 Å². The molecule has 0 aromatic heterocycles. The van der Waals surface area contributed by atoms with Crippen LogP contribution in [0.3, 0.4) is 0 Å². The van der Waals surface area contributed by atoms with Crippen molar-refractivity contribution in [3.8, 4) is 5.75 Å². The third-order valence-electron chi connectivity index (χ3n) is 6.29. The Morgan fingerprint density at radius 2 is 1.67 bits per heavy atom. The number of carbonyl (C=O) groups excluding carboxylic acids is 2. The first-order valence-corrected chi connectivity index (χ1v) is 11.3. The molecule has 0 unspecified atom stereocenters. The fourth-order valence-electron chi connectivity index (χ4n) is 4.65. The molecule has 0 aliphatic carbocycles. The van der Waals surface area contributed by atoms with Gasteiger partial charge in [0.1, 0.15) is 17.9 Å². The normalized spacial score (nSPS) is 25.7. The van der Waals surface area contributed by atoms with Gasteiger partial charge >= 0.3 is 0 Å².